The van der Waals surface area contributed by atoms with Gasteiger partial charge in [0.05, 0.1) is 23.7 Å². The minimum atomic E-state index is -0.461. The molecule has 0 radical (unpaired) electrons. The summed E-state index contributed by atoms with van der Waals surface area (Å²) in [5.41, 5.74) is 8.50. The van der Waals surface area contributed by atoms with Crippen molar-refractivity contribution in [2.24, 2.45) is 0 Å². The number of benzene rings is 1. The summed E-state index contributed by atoms with van der Waals surface area (Å²) in [6, 6.07) is 8.07. The van der Waals surface area contributed by atoms with Gasteiger partial charge in [0, 0.05) is 30.7 Å². The average molecular weight is 459 g/mol. The van der Waals surface area contributed by atoms with Crippen molar-refractivity contribution in [2.75, 3.05) is 25.4 Å². The summed E-state index contributed by atoms with van der Waals surface area (Å²) in [6.45, 7) is 3.99. The van der Waals surface area contributed by atoms with Crippen LogP contribution in [0.25, 0.3) is 11.1 Å². The van der Waals surface area contributed by atoms with Crippen LogP contribution < -0.4 is 11.1 Å². The molecule has 0 atom stereocenters. The molecule has 9 nitrogen and oxygen atoms in total. The van der Waals surface area contributed by atoms with E-state index >= 15 is 0 Å². The number of carbonyl (C=O) groups is 1. The third-order valence-corrected chi connectivity index (χ3v) is 7.11. The van der Waals surface area contributed by atoms with Gasteiger partial charge in [0.25, 0.3) is 5.91 Å². The molecule has 2 aromatic heterocycles. The standard InChI is InChI=1S/C25H30N8O/c26-23(31-22(34)20-16-30-33(17-20)13-12-32-10-1-2-11-32)25(8-3-9-25)21-6-4-18(5-7-21)19-14-28-24(27)29-15-19/h4-7,14-17H,1-3,8-13H2,(H2,26,31,34)(H2,27,28,29). The zero-order valence-electron chi connectivity index (χ0n) is 19.2. The molecule has 1 aliphatic heterocycles. The highest BCUT2D eigenvalue weighted by atomic mass is 16.1. The van der Waals surface area contributed by atoms with Crippen molar-refractivity contribution in [3.63, 3.8) is 0 Å². The molecule has 4 N–H and O–H groups in total. The van der Waals surface area contributed by atoms with Crippen molar-refractivity contribution in [2.45, 2.75) is 44.1 Å². The Bertz CT molecular complexity index is 1160. The van der Waals surface area contributed by atoms with Crippen molar-refractivity contribution < 1.29 is 4.79 Å². The number of hydrogen-bond acceptors (Lipinski definition) is 7. The Balaban J connectivity index is 1.24. The van der Waals surface area contributed by atoms with Gasteiger partial charge >= 0.3 is 0 Å². The molecule has 9 heteroatoms. The first-order chi connectivity index (χ1) is 16.5. The van der Waals surface area contributed by atoms with Gasteiger partial charge < -0.3 is 16.0 Å². The topological polar surface area (TPSA) is 126 Å². The quantitative estimate of drug-likeness (QED) is 0.369. The first-order valence-corrected chi connectivity index (χ1v) is 11.9. The maximum Gasteiger partial charge on any atom is 0.259 e. The minimum Gasteiger partial charge on any atom is -0.368 e. The maximum atomic E-state index is 12.9. The maximum absolute atomic E-state index is 12.9. The van der Waals surface area contributed by atoms with Crippen LogP contribution >= 0.6 is 0 Å². The monoisotopic (exact) mass is 458 g/mol. The number of nitrogens with one attached hydrogen (secondary N) is 2. The van der Waals surface area contributed by atoms with Crippen LogP contribution in [0.2, 0.25) is 0 Å². The van der Waals surface area contributed by atoms with Crippen LogP contribution in [0, 0.1) is 5.41 Å². The number of amides is 1. The van der Waals surface area contributed by atoms with Crippen LogP contribution in [0.5, 0.6) is 0 Å². The summed E-state index contributed by atoms with van der Waals surface area (Å²) in [7, 11) is 0. The molecule has 3 aromatic rings. The zero-order valence-corrected chi connectivity index (χ0v) is 19.2. The first kappa shape index (κ1) is 22.2. The van der Waals surface area contributed by atoms with Crippen LogP contribution in [0.1, 0.15) is 48.0 Å². The average Bonchev–Trinajstić information content (AvgIpc) is 3.50. The van der Waals surface area contributed by atoms with E-state index < -0.39 is 5.41 Å². The SMILES string of the molecule is N=C(NC(=O)c1cnn(CCN2CCCC2)c1)C1(c2ccc(-c3cnc(N)nc3)cc2)CCC1. The van der Waals surface area contributed by atoms with Gasteiger partial charge in [-0.05, 0) is 49.9 Å². The fraction of sp³-hybridized carbons (Fsp3) is 0.400. The molecule has 1 saturated heterocycles. The number of nitrogens with two attached hydrogens (primary N) is 1. The number of amidine groups is 1. The lowest BCUT2D eigenvalue weighted by Crippen LogP contribution is -2.50. The highest BCUT2D eigenvalue weighted by Crippen LogP contribution is 2.44. The smallest absolute Gasteiger partial charge is 0.259 e. The summed E-state index contributed by atoms with van der Waals surface area (Å²) in [5.74, 6) is 0.214. The molecule has 1 aromatic carbocycles. The minimum absolute atomic E-state index is 0.245. The van der Waals surface area contributed by atoms with Crippen LogP contribution in [-0.4, -0.2) is 56.0 Å². The van der Waals surface area contributed by atoms with Gasteiger partial charge in [-0.3, -0.25) is 14.9 Å². The molecule has 34 heavy (non-hydrogen) atoms. The molecule has 5 rings (SSSR count). The molecule has 1 amide bonds. The Hall–Kier alpha value is -3.59. The van der Waals surface area contributed by atoms with Crippen LogP contribution in [0.3, 0.4) is 0 Å². The van der Waals surface area contributed by atoms with E-state index in [0.29, 0.717) is 5.56 Å². The lowest BCUT2D eigenvalue weighted by Gasteiger charge is -2.42. The number of anilines is 1. The molecule has 176 valence electrons. The predicted octanol–water partition coefficient (Wildman–Crippen LogP) is 2.85. The Kier molecular flexibility index (Phi) is 6.10. The fourth-order valence-electron chi connectivity index (χ4n) is 4.84. The fourth-order valence-corrected chi connectivity index (χ4v) is 4.84. The third kappa shape index (κ3) is 4.43. The van der Waals surface area contributed by atoms with Gasteiger partial charge in [0.15, 0.2) is 0 Å². The third-order valence-electron chi connectivity index (χ3n) is 7.11. The Morgan fingerprint density at radius 3 is 2.35 bits per heavy atom. The largest absolute Gasteiger partial charge is 0.368 e. The molecular formula is C25H30N8O. The summed E-state index contributed by atoms with van der Waals surface area (Å²) < 4.78 is 1.82. The van der Waals surface area contributed by atoms with Gasteiger partial charge in [0.2, 0.25) is 5.95 Å². The molecular weight excluding hydrogens is 428 g/mol. The highest BCUT2D eigenvalue weighted by molar-refractivity contribution is 6.09. The van der Waals surface area contributed by atoms with E-state index in [4.69, 9.17) is 11.1 Å². The number of nitrogen functional groups attached to an aromatic ring is 1. The van der Waals surface area contributed by atoms with Gasteiger partial charge in [-0.25, -0.2) is 9.97 Å². The van der Waals surface area contributed by atoms with Gasteiger partial charge in [-0.2, -0.15) is 5.10 Å². The van der Waals surface area contributed by atoms with E-state index in [2.05, 4.69) is 25.3 Å². The number of carbonyl (C=O) groups excluding carboxylic acids is 1. The van der Waals surface area contributed by atoms with E-state index in [1.165, 1.54) is 12.8 Å². The van der Waals surface area contributed by atoms with E-state index in [1.54, 1.807) is 24.8 Å². The van der Waals surface area contributed by atoms with Crippen molar-refractivity contribution >= 4 is 17.7 Å². The first-order valence-electron chi connectivity index (χ1n) is 11.9. The summed E-state index contributed by atoms with van der Waals surface area (Å²) in [6.07, 6.45) is 12.0. The normalized spacial score (nSPS) is 17.3. The molecule has 3 heterocycles. The van der Waals surface area contributed by atoms with Crippen LogP contribution in [0.4, 0.5) is 5.95 Å². The zero-order chi connectivity index (χ0) is 23.5. The molecule has 0 unspecified atom stereocenters. The van der Waals surface area contributed by atoms with Crippen molar-refractivity contribution in [3.05, 3.63) is 60.2 Å². The second-order valence-electron chi connectivity index (χ2n) is 9.21. The Morgan fingerprint density at radius 1 is 1.00 bits per heavy atom. The van der Waals surface area contributed by atoms with Gasteiger partial charge in [-0.15, -0.1) is 0 Å². The summed E-state index contributed by atoms with van der Waals surface area (Å²) in [5, 5.41) is 15.9. The van der Waals surface area contributed by atoms with Crippen LogP contribution in [0.15, 0.2) is 49.1 Å². The van der Waals surface area contributed by atoms with Crippen molar-refractivity contribution in [3.8, 4) is 11.1 Å². The Morgan fingerprint density at radius 2 is 1.71 bits per heavy atom. The molecule has 2 aliphatic rings. The second kappa shape index (κ2) is 9.34. The molecule has 0 spiro atoms. The summed E-state index contributed by atoms with van der Waals surface area (Å²) >= 11 is 0. The van der Waals surface area contributed by atoms with E-state index in [9.17, 15) is 4.79 Å². The van der Waals surface area contributed by atoms with Crippen molar-refractivity contribution in [1.82, 2.24) is 30.0 Å². The van der Waals surface area contributed by atoms with Crippen molar-refractivity contribution in [1.29, 1.82) is 5.41 Å². The summed E-state index contributed by atoms with van der Waals surface area (Å²) in [4.78, 5) is 23.4. The number of likely N-dealkylation sites (tertiary alicyclic amines) is 1. The number of rotatable bonds is 7. The van der Waals surface area contributed by atoms with E-state index in [0.717, 1.165) is 62.1 Å². The lowest BCUT2D eigenvalue weighted by atomic mass is 9.63. The number of aromatic nitrogens is 4. The van der Waals surface area contributed by atoms with Gasteiger partial charge in [0.1, 0.15) is 5.84 Å². The van der Waals surface area contributed by atoms with Gasteiger partial charge in [-0.1, -0.05) is 30.7 Å². The molecule has 1 saturated carbocycles. The predicted molar refractivity (Wildman–Crippen MR) is 131 cm³/mol. The molecule has 1 aliphatic carbocycles. The molecule has 2 fully saturated rings. The van der Waals surface area contributed by atoms with E-state index in [1.807, 2.05) is 28.9 Å². The highest BCUT2D eigenvalue weighted by Gasteiger charge is 2.43. The number of hydrogen-bond donors (Lipinski definition) is 3. The van der Waals surface area contributed by atoms with E-state index in [-0.39, 0.29) is 17.7 Å². The molecule has 0 bridgehead atoms. The Labute approximate surface area is 198 Å². The second-order valence-corrected chi connectivity index (χ2v) is 9.21. The van der Waals surface area contributed by atoms with Crippen LogP contribution in [-0.2, 0) is 12.0 Å². The lowest BCUT2D eigenvalue weighted by molar-refractivity contribution is 0.0972. The number of nitrogens with zero attached hydrogens (tertiary/aromatic N) is 5.